The Morgan fingerprint density at radius 2 is 1.85 bits per heavy atom. The third-order valence-electron chi connectivity index (χ3n) is 3.97. The summed E-state index contributed by atoms with van der Waals surface area (Å²) in [6.07, 6.45) is 2.27. The molecule has 1 heterocycles. The first kappa shape index (κ1) is 15.5. The molecule has 1 aliphatic heterocycles. The minimum Gasteiger partial charge on any atom is -0.381 e. The van der Waals surface area contributed by atoms with E-state index in [1.165, 1.54) is 16.7 Å². The van der Waals surface area contributed by atoms with Crippen molar-refractivity contribution >= 4 is 0 Å². The van der Waals surface area contributed by atoms with E-state index in [2.05, 4.69) is 37.4 Å². The van der Waals surface area contributed by atoms with Gasteiger partial charge < -0.3 is 14.8 Å². The van der Waals surface area contributed by atoms with Gasteiger partial charge in [-0.3, -0.25) is 0 Å². The SMILES string of the molecule is CNC(COCC1CCOCC1)c1cc(C)cc(C)c1. The van der Waals surface area contributed by atoms with Gasteiger partial charge in [-0.25, -0.2) is 0 Å². The molecule has 1 fully saturated rings. The molecule has 3 heteroatoms. The fourth-order valence-electron chi connectivity index (χ4n) is 2.82. The highest BCUT2D eigenvalue weighted by molar-refractivity contribution is 5.30. The summed E-state index contributed by atoms with van der Waals surface area (Å²) < 4.78 is 11.3. The van der Waals surface area contributed by atoms with Crippen LogP contribution in [-0.2, 0) is 9.47 Å². The molecule has 20 heavy (non-hydrogen) atoms. The highest BCUT2D eigenvalue weighted by Crippen LogP contribution is 2.19. The maximum Gasteiger partial charge on any atom is 0.0661 e. The zero-order valence-electron chi connectivity index (χ0n) is 12.9. The van der Waals surface area contributed by atoms with Crippen molar-refractivity contribution in [3.05, 3.63) is 34.9 Å². The zero-order chi connectivity index (χ0) is 14.4. The van der Waals surface area contributed by atoms with Gasteiger partial charge in [-0.05, 0) is 45.2 Å². The van der Waals surface area contributed by atoms with Crippen LogP contribution >= 0.6 is 0 Å². The van der Waals surface area contributed by atoms with Crippen molar-refractivity contribution in [1.29, 1.82) is 0 Å². The second-order valence-electron chi connectivity index (χ2n) is 5.86. The van der Waals surface area contributed by atoms with Crippen LogP contribution < -0.4 is 5.32 Å². The quantitative estimate of drug-likeness (QED) is 0.867. The maximum atomic E-state index is 5.94. The summed E-state index contributed by atoms with van der Waals surface area (Å²) in [4.78, 5) is 0. The van der Waals surface area contributed by atoms with Gasteiger partial charge in [-0.15, -0.1) is 0 Å². The van der Waals surface area contributed by atoms with Gasteiger partial charge >= 0.3 is 0 Å². The monoisotopic (exact) mass is 277 g/mol. The fraction of sp³-hybridized carbons (Fsp3) is 0.647. The second kappa shape index (κ2) is 7.77. The predicted molar refractivity (Wildman–Crippen MR) is 82.1 cm³/mol. The summed E-state index contributed by atoms with van der Waals surface area (Å²) in [7, 11) is 2.00. The van der Waals surface area contributed by atoms with E-state index in [0.29, 0.717) is 5.92 Å². The molecular weight excluding hydrogens is 250 g/mol. The van der Waals surface area contributed by atoms with E-state index in [4.69, 9.17) is 9.47 Å². The number of ether oxygens (including phenoxy) is 2. The zero-order valence-corrected chi connectivity index (χ0v) is 12.9. The molecule has 1 atom stereocenters. The Hall–Kier alpha value is -0.900. The molecule has 2 rings (SSSR count). The fourth-order valence-corrected chi connectivity index (χ4v) is 2.82. The van der Waals surface area contributed by atoms with E-state index in [-0.39, 0.29) is 6.04 Å². The van der Waals surface area contributed by atoms with Crippen LogP contribution in [0.4, 0.5) is 0 Å². The molecule has 0 spiro atoms. The highest BCUT2D eigenvalue weighted by Gasteiger charge is 2.15. The van der Waals surface area contributed by atoms with Gasteiger partial charge in [0, 0.05) is 19.8 Å². The molecule has 1 aromatic carbocycles. The minimum absolute atomic E-state index is 0.272. The molecule has 1 N–H and O–H groups in total. The number of hydrogen-bond acceptors (Lipinski definition) is 3. The third kappa shape index (κ3) is 4.58. The second-order valence-corrected chi connectivity index (χ2v) is 5.86. The Morgan fingerprint density at radius 3 is 2.45 bits per heavy atom. The highest BCUT2D eigenvalue weighted by atomic mass is 16.5. The van der Waals surface area contributed by atoms with Gasteiger partial charge in [0.05, 0.1) is 12.6 Å². The first-order chi connectivity index (χ1) is 9.69. The summed E-state index contributed by atoms with van der Waals surface area (Å²) in [5, 5.41) is 3.36. The van der Waals surface area contributed by atoms with Crippen molar-refractivity contribution in [3.63, 3.8) is 0 Å². The molecule has 112 valence electrons. The summed E-state index contributed by atoms with van der Waals surface area (Å²) >= 11 is 0. The summed E-state index contributed by atoms with van der Waals surface area (Å²) in [5.74, 6) is 0.667. The molecule has 0 saturated carbocycles. The molecule has 0 aliphatic carbocycles. The number of likely N-dealkylation sites (N-methyl/N-ethyl adjacent to an activating group) is 1. The van der Waals surface area contributed by atoms with Crippen molar-refractivity contribution in [2.45, 2.75) is 32.7 Å². The van der Waals surface area contributed by atoms with E-state index in [0.717, 1.165) is 39.3 Å². The lowest BCUT2D eigenvalue weighted by atomic mass is 10.0. The van der Waals surface area contributed by atoms with Gasteiger partial charge in [-0.1, -0.05) is 29.3 Å². The summed E-state index contributed by atoms with van der Waals surface area (Å²) in [6.45, 7) is 7.66. The molecule has 3 nitrogen and oxygen atoms in total. The minimum atomic E-state index is 0.272. The molecule has 0 bridgehead atoms. The maximum absolute atomic E-state index is 5.94. The Kier molecular flexibility index (Phi) is 6.02. The van der Waals surface area contributed by atoms with Crippen molar-refractivity contribution in [3.8, 4) is 0 Å². The van der Waals surface area contributed by atoms with Crippen LogP contribution in [0.15, 0.2) is 18.2 Å². The van der Waals surface area contributed by atoms with Crippen LogP contribution in [0.25, 0.3) is 0 Å². The Bertz CT molecular complexity index is 393. The van der Waals surface area contributed by atoms with Crippen LogP contribution in [-0.4, -0.2) is 33.5 Å². The lowest BCUT2D eigenvalue weighted by Crippen LogP contribution is -2.25. The first-order valence-corrected chi connectivity index (χ1v) is 7.60. The normalized spacial score (nSPS) is 18.1. The number of nitrogens with one attached hydrogen (secondary N) is 1. The molecule has 1 aliphatic rings. The van der Waals surface area contributed by atoms with E-state index < -0.39 is 0 Å². The van der Waals surface area contributed by atoms with E-state index in [9.17, 15) is 0 Å². The van der Waals surface area contributed by atoms with Crippen molar-refractivity contribution in [1.82, 2.24) is 5.32 Å². The largest absolute Gasteiger partial charge is 0.381 e. The van der Waals surface area contributed by atoms with Crippen LogP contribution in [0.2, 0.25) is 0 Å². The summed E-state index contributed by atoms with van der Waals surface area (Å²) in [6, 6.07) is 6.96. The molecule has 1 aromatic rings. The van der Waals surface area contributed by atoms with Gasteiger partial charge in [-0.2, -0.15) is 0 Å². The lowest BCUT2D eigenvalue weighted by molar-refractivity contribution is 0.0156. The molecule has 1 unspecified atom stereocenters. The van der Waals surface area contributed by atoms with Gasteiger partial charge in [0.1, 0.15) is 0 Å². The van der Waals surface area contributed by atoms with Crippen molar-refractivity contribution in [2.75, 3.05) is 33.5 Å². The Morgan fingerprint density at radius 1 is 1.20 bits per heavy atom. The van der Waals surface area contributed by atoms with Crippen molar-refractivity contribution < 1.29 is 9.47 Å². The van der Waals surface area contributed by atoms with Gasteiger partial charge in [0.25, 0.3) is 0 Å². The van der Waals surface area contributed by atoms with Crippen LogP contribution in [0.3, 0.4) is 0 Å². The Balaban J connectivity index is 1.85. The smallest absolute Gasteiger partial charge is 0.0661 e. The van der Waals surface area contributed by atoms with E-state index in [1.807, 2.05) is 7.05 Å². The number of benzene rings is 1. The average molecular weight is 277 g/mol. The molecule has 0 radical (unpaired) electrons. The molecule has 0 amide bonds. The average Bonchev–Trinajstić information content (AvgIpc) is 2.43. The Labute approximate surface area is 122 Å². The number of aryl methyl sites for hydroxylation is 2. The van der Waals surface area contributed by atoms with E-state index >= 15 is 0 Å². The third-order valence-corrected chi connectivity index (χ3v) is 3.97. The lowest BCUT2D eigenvalue weighted by Gasteiger charge is -2.24. The number of rotatable bonds is 6. The predicted octanol–water partition coefficient (Wildman–Crippen LogP) is 3.01. The summed E-state index contributed by atoms with van der Waals surface area (Å²) in [5.41, 5.74) is 3.94. The first-order valence-electron chi connectivity index (χ1n) is 7.60. The standard InChI is InChI=1S/C17H27NO2/c1-13-8-14(2)10-16(9-13)17(18-3)12-20-11-15-4-6-19-7-5-15/h8-10,15,17-18H,4-7,11-12H2,1-3H3. The van der Waals surface area contributed by atoms with Crippen LogP contribution in [0, 0.1) is 19.8 Å². The van der Waals surface area contributed by atoms with Crippen LogP contribution in [0.1, 0.15) is 35.6 Å². The molecule has 1 saturated heterocycles. The van der Waals surface area contributed by atoms with Crippen LogP contribution in [0.5, 0.6) is 0 Å². The molecule has 0 aromatic heterocycles. The van der Waals surface area contributed by atoms with E-state index in [1.54, 1.807) is 0 Å². The molecular formula is C17H27NO2. The van der Waals surface area contributed by atoms with Gasteiger partial charge in [0.2, 0.25) is 0 Å². The topological polar surface area (TPSA) is 30.5 Å². The van der Waals surface area contributed by atoms with Crippen molar-refractivity contribution in [2.24, 2.45) is 5.92 Å². The van der Waals surface area contributed by atoms with Gasteiger partial charge in [0.15, 0.2) is 0 Å². The number of hydrogen-bond donors (Lipinski definition) is 1.